The zero-order valence-corrected chi connectivity index (χ0v) is 15.9. The fourth-order valence-electron chi connectivity index (χ4n) is 3.77. The third-order valence-electron chi connectivity index (χ3n) is 5.42. The van der Waals surface area contributed by atoms with Gasteiger partial charge in [-0.1, -0.05) is 18.2 Å². The number of rotatable bonds is 6. The van der Waals surface area contributed by atoms with Crippen molar-refractivity contribution < 1.29 is 18.8 Å². The SMILES string of the molecule is Cc1cccc(CN2C(=O)CN(CCCN3CCCC3=O)C(=O)[C@@H]2C)c1F. The first kappa shape index (κ1) is 19.3. The number of nitrogens with zero attached hydrogens (tertiary/aromatic N) is 3. The first-order chi connectivity index (χ1) is 12.9. The highest BCUT2D eigenvalue weighted by atomic mass is 19.1. The maximum atomic E-state index is 14.3. The molecule has 2 fully saturated rings. The number of likely N-dealkylation sites (tertiary alicyclic amines) is 1. The molecule has 0 N–H and O–H groups in total. The molecule has 1 aromatic rings. The highest BCUT2D eigenvalue weighted by molar-refractivity contribution is 5.94. The minimum Gasteiger partial charge on any atom is -0.343 e. The summed E-state index contributed by atoms with van der Waals surface area (Å²) in [7, 11) is 0. The number of hydrogen-bond acceptors (Lipinski definition) is 3. The quantitative estimate of drug-likeness (QED) is 0.760. The monoisotopic (exact) mass is 375 g/mol. The molecule has 146 valence electrons. The Bertz CT molecular complexity index is 752. The van der Waals surface area contributed by atoms with Gasteiger partial charge in [-0.2, -0.15) is 0 Å². The first-order valence-corrected chi connectivity index (χ1v) is 9.48. The smallest absolute Gasteiger partial charge is 0.245 e. The lowest BCUT2D eigenvalue weighted by Gasteiger charge is -2.39. The molecular formula is C20H26FN3O3. The van der Waals surface area contributed by atoms with Crippen LogP contribution in [0.3, 0.4) is 0 Å². The van der Waals surface area contributed by atoms with E-state index < -0.39 is 6.04 Å². The van der Waals surface area contributed by atoms with Crippen molar-refractivity contribution in [2.45, 2.75) is 45.7 Å². The Morgan fingerprint density at radius 3 is 2.56 bits per heavy atom. The van der Waals surface area contributed by atoms with Crippen molar-refractivity contribution in [3.8, 4) is 0 Å². The molecule has 0 aliphatic carbocycles. The lowest BCUT2D eigenvalue weighted by atomic mass is 10.1. The van der Waals surface area contributed by atoms with Crippen LogP contribution in [0.2, 0.25) is 0 Å². The molecule has 1 atom stereocenters. The van der Waals surface area contributed by atoms with Crippen molar-refractivity contribution in [2.24, 2.45) is 0 Å². The number of benzene rings is 1. The molecule has 0 unspecified atom stereocenters. The second-order valence-electron chi connectivity index (χ2n) is 7.34. The predicted octanol–water partition coefficient (Wildman–Crippen LogP) is 1.71. The highest BCUT2D eigenvalue weighted by Gasteiger charge is 2.36. The molecular weight excluding hydrogens is 349 g/mol. The Labute approximate surface area is 158 Å². The van der Waals surface area contributed by atoms with E-state index in [2.05, 4.69) is 0 Å². The van der Waals surface area contributed by atoms with E-state index >= 15 is 0 Å². The van der Waals surface area contributed by atoms with E-state index in [9.17, 15) is 18.8 Å². The zero-order chi connectivity index (χ0) is 19.6. The summed E-state index contributed by atoms with van der Waals surface area (Å²) in [6.45, 7) is 5.30. The zero-order valence-electron chi connectivity index (χ0n) is 15.9. The predicted molar refractivity (Wildman–Crippen MR) is 98.2 cm³/mol. The summed E-state index contributed by atoms with van der Waals surface area (Å²) in [4.78, 5) is 41.7. The Morgan fingerprint density at radius 2 is 1.85 bits per heavy atom. The van der Waals surface area contributed by atoms with Crippen molar-refractivity contribution in [1.82, 2.24) is 14.7 Å². The molecule has 2 aliphatic rings. The summed E-state index contributed by atoms with van der Waals surface area (Å²) in [6.07, 6.45) is 2.15. The van der Waals surface area contributed by atoms with Gasteiger partial charge in [-0.25, -0.2) is 4.39 Å². The molecule has 3 rings (SSSR count). The number of halogens is 1. The van der Waals surface area contributed by atoms with Crippen LogP contribution in [0.25, 0.3) is 0 Å². The maximum absolute atomic E-state index is 14.3. The van der Waals surface area contributed by atoms with Gasteiger partial charge in [0.15, 0.2) is 0 Å². The standard InChI is InChI=1S/C20H26FN3O3/c1-14-6-3-7-16(19(14)21)12-24-15(2)20(27)23(13-18(24)26)11-5-10-22-9-4-8-17(22)25/h3,6-7,15H,4-5,8-13H2,1-2H3/t15-/m0/s1. The molecule has 3 amide bonds. The van der Waals surface area contributed by atoms with Crippen molar-refractivity contribution in [3.05, 3.63) is 35.1 Å². The van der Waals surface area contributed by atoms with Gasteiger partial charge in [0.25, 0.3) is 0 Å². The molecule has 6 nitrogen and oxygen atoms in total. The van der Waals surface area contributed by atoms with Crippen LogP contribution in [0, 0.1) is 12.7 Å². The van der Waals surface area contributed by atoms with E-state index in [1.807, 2.05) is 4.90 Å². The lowest BCUT2D eigenvalue weighted by Crippen LogP contribution is -2.58. The molecule has 0 bridgehead atoms. The second kappa shape index (κ2) is 8.06. The first-order valence-electron chi connectivity index (χ1n) is 9.48. The molecule has 0 aromatic heterocycles. The average molecular weight is 375 g/mol. The lowest BCUT2D eigenvalue weighted by molar-refractivity contribution is -0.155. The van der Waals surface area contributed by atoms with Crippen molar-refractivity contribution >= 4 is 17.7 Å². The molecule has 0 spiro atoms. The minimum atomic E-state index is -0.625. The van der Waals surface area contributed by atoms with E-state index in [-0.39, 0.29) is 36.6 Å². The summed E-state index contributed by atoms with van der Waals surface area (Å²) in [5.41, 5.74) is 0.943. The second-order valence-corrected chi connectivity index (χ2v) is 7.34. The fourth-order valence-corrected chi connectivity index (χ4v) is 3.77. The number of hydrogen-bond donors (Lipinski definition) is 0. The Balaban J connectivity index is 1.58. The third-order valence-corrected chi connectivity index (χ3v) is 5.42. The highest BCUT2D eigenvalue weighted by Crippen LogP contribution is 2.20. The third kappa shape index (κ3) is 4.12. The van der Waals surface area contributed by atoms with Crippen LogP contribution in [0.4, 0.5) is 4.39 Å². The maximum Gasteiger partial charge on any atom is 0.245 e. The van der Waals surface area contributed by atoms with Gasteiger partial charge in [0.1, 0.15) is 11.9 Å². The minimum absolute atomic E-state index is 0.00452. The Hall–Kier alpha value is -2.44. The van der Waals surface area contributed by atoms with Gasteiger partial charge >= 0.3 is 0 Å². The van der Waals surface area contributed by atoms with Crippen molar-refractivity contribution in [1.29, 1.82) is 0 Å². The van der Waals surface area contributed by atoms with E-state index in [0.717, 1.165) is 13.0 Å². The van der Waals surface area contributed by atoms with E-state index in [1.54, 1.807) is 36.9 Å². The molecule has 2 heterocycles. The van der Waals surface area contributed by atoms with E-state index in [1.165, 1.54) is 4.90 Å². The molecule has 0 radical (unpaired) electrons. The van der Waals surface area contributed by atoms with Gasteiger partial charge in [-0.3, -0.25) is 14.4 Å². The topological polar surface area (TPSA) is 60.9 Å². The number of carbonyl (C=O) groups excluding carboxylic acids is 3. The van der Waals surface area contributed by atoms with Gasteiger partial charge in [0.2, 0.25) is 17.7 Å². The van der Waals surface area contributed by atoms with E-state index in [0.29, 0.717) is 37.1 Å². The summed E-state index contributed by atoms with van der Waals surface area (Å²) in [5.74, 6) is -0.478. The van der Waals surface area contributed by atoms with Crippen molar-refractivity contribution in [3.63, 3.8) is 0 Å². The Kier molecular flexibility index (Phi) is 5.77. The number of carbonyl (C=O) groups is 3. The van der Waals surface area contributed by atoms with Crippen LogP contribution < -0.4 is 0 Å². The van der Waals surface area contributed by atoms with Crippen LogP contribution in [0.5, 0.6) is 0 Å². The van der Waals surface area contributed by atoms with Crippen LogP contribution in [-0.2, 0) is 20.9 Å². The summed E-state index contributed by atoms with van der Waals surface area (Å²) >= 11 is 0. The molecule has 2 saturated heterocycles. The Morgan fingerprint density at radius 1 is 1.11 bits per heavy atom. The van der Waals surface area contributed by atoms with Gasteiger partial charge in [0, 0.05) is 38.2 Å². The van der Waals surface area contributed by atoms with Crippen LogP contribution >= 0.6 is 0 Å². The largest absolute Gasteiger partial charge is 0.343 e. The van der Waals surface area contributed by atoms with Gasteiger partial charge < -0.3 is 14.7 Å². The average Bonchev–Trinajstić information content (AvgIpc) is 3.04. The van der Waals surface area contributed by atoms with E-state index in [4.69, 9.17) is 0 Å². The summed E-state index contributed by atoms with van der Waals surface area (Å²) < 4.78 is 14.3. The fraction of sp³-hybridized carbons (Fsp3) is 0.550. The molecule has 1 aromatic carbocycles. The van der Waals surface area contributed by atoms with Crippen LogP contribution in [-0.4, -0.2) is 64.6 Å². The van der Waals surface area contributed by atoms with Gasteiger partial charge in [-0.05, 0) is 32.3 Å². The number of piperazine rings is 1. The van der Waals surface area contributed by atoms with Gasteiger partial charge in [0.05, 0.1) is 6.54 Å². The van der Waals surface area contributed by atoms with Crippen LogP contribution in [0.1, 0.15) is 37.3 Å². The molecule has 2 aliphatic heterocycles. The number of aryl methyl sites for hydroxylation is 1. The normalized spacial score (nSPS) is 20.8. The molecule has 0 saturated carbocycles. The van der Waals surface area contributed by atoms with Crippen LogP contribution in [0.15, 0.2) is 18.2 Å². The van der Waals surface area contributed by atoms with Crippen molar-refractivity contribution in [2.75, 3.05) is 26.2 Å². The molecule has 7 heteroatoms. The number of amides is 3. The summed E-state index contributed by atoms with van der Waals surface area (Å²) in [5, 5.41) is 0. The van der Waals surface area contributed by atoms with Gasteiger partial charge in [-0.15, -0.1) is 0 Å². The molecule has 27 heavy (non-hydrogen) atoms. The summed E-state index contributed by atoms with van der Waals surface area (Å²) in [6, 6.07) is 4.45.